The van der Waals surface area contributed by atoms with Gasteiger partial charge in [0.05, 0.1) is 19.8 Å². The number of hydrogen-bond acceptors (Lipinski definition) is 5. The summed E-state index contributed by atoms with van der Waals surface area (Å²) in [5.41, 5.74) is 0.711. The Labute approximate surface area is 170 Å². The van der Waals surface area contributed by atoms with E-state index in [1.54, 1.807) is 19.1 Å². The van der Waals surface area contributed by atoms with Crippen molar-refractivity contribution >= 4 is 5.96 Å². The van der Waals surface area contributed by atoms with Crippen LogP contribution in [0.25, 0.3) is 0 Å². The fourth-order valence-corrected chi connectivity index (χ4v) is 3.21. The van der Waals surface area contributed by atoms with Gasteiger partial charge in [-0.1, -0.05) is 6.07 Å². The molecule has 1 fully saturated rings. The third kappa shape index (κ3) is 7.32. The Kier molecular flexibility index (Phi) is 9.40. The minimum atomic E-state index is -2.91. The van der Waals surface area contributed by atoms with Crippen LogP contribution in [0.3, 0.4) is 0 Å². The lowest BCUT2D eigenvalue weighted by Gasteiger charge is -2.27. The normalized spacial score (nSPS) is 19.4. The lowest BCUT2D eigenvalue weighted by atomic mass is 9.84. The molecule has 29 heavy (non-hydrogen) atoms. The van der Waals surface area contributed by atoms with Gasteiger partial charge in [-0.15, -0.1) is 0 Å². The molecule has 0 aromatic heterocycles. The van der Waals surface area contributed by atoms with Crippen molar-refractivity contribution in [3.05, 3.63) is 23.8 Å². The van der Waals surface area contributed by atoms with Crippen LogP contribution in [-0.4, -0.2) is 57.2 Å². The van der Waals surface area contributed by atoms with Crippen molar-refractivity contribution in [1.82, 2.24) is 10.6 Å². The second-order valence-electron chi connectivity index (χ2n) is 6.92. The summed E-state index contributed by atoms with van der Waals surface area (Å²) in [6.07, 6.45) is 1.56. The van der Waals surface area contributed by atoms with Gasteiger partial charge in [0.15, 0.2) is 17.5 Å². The van der Waals surface area contributed by atoms with Gasteiger partial charge < -0.3 is 30.0 Å². The average molecular weight is 415 g/mol. The fraction of sp³-hybridized carbons (Fsp3) is 0.650. The standard InChI is InChI=1S/C20H31F2N3O4/c1-3-23-19(25-13-20(7-9-26)8-10-27-14-20)24-12-15-5-6-16(29-18(21)22)17(11-15)28-4-2/h5-6,11,18,26H,3-4,7-10,12-14H2,1-2H3,(H2,23,24,25). The number of benzene rings is 1. The Balaban J connectivity index is 2.05. The molecule has 1 saturated heterocycles. The number of guanidine groups is 1. The van der Waals surface area contributed by atoms with E-state index in [-0.39, 0.29) is 23.5 Å². The molecule has 7 nitrogen and oxygen atoms in total. The number of nitrogens with one attached hydrogen (secondary N) is 2. The van der Waals surface area contributed by atoms with Crippen molar-refractivity contribution in [1.29, 1.82) is 0 Å². The maximum atomic E-state index is 12.5. The lowest BCUT2D eigenvalue weighted by molar-refractivity contribution is -0.0514. The van der Waals surface area contributed by atoms with Crippen LogP contribution >= 0.6 is 0 Å². The lowest BCUT2D eigenvalue weighted by Crippen LogP contribution is -2.44. The first-order valence-corrected chi connectivity index (χ1v) is 9.93. The molecule has 0 amide bonds. The predicted octanol–water partition coefficient (Wildman–Crippen LogP) is 2.53. The second-order valence-corrected chi connectivity index (χ2v) is 6.92. The molecule has 1 aliphatic heterocycles. The number of ether oxygens (including phenoxy) is 3. The molecule has 0 radical (unpaired) electrons. The first-order chi connectivity index (χ1) is 14.0. The van der Waals surface area contributed by atoms with E-state index in [1.165, 1.54) is 6.07 Å². The zero-order valence-electron chi connectivity index (χ0n) is 17.0. The Bertz CT molecular complexity index is 653. The van der Waals surface area contributed by atoms with Crippen molar-refractivity contribution in [2.75, 3.05) is 39.5 Å². The highest BCUT2D eigenvalue weighted by Gasteiger charge is 2.34. The van der Waals surface area contributed by atoms with Crippen LogP contribution < -0.4 is 20.1 Å². The van der Waals surface area contributed by atoms with E-state index >= 15 is 0 Å². The van der Waals surface area contributed by atoms with Gasteiger partial charge in [0.1, 0.15) is 0 Å². The molecule has 0 bridgehead atoms. The Hall–Kier alpha value is -2.13. The van der Waals surface area contributed by atoms with E-state index in [1.807, 2.05) is 6.92 Å². The first-order valence-electron chi connectivity index (χ1n) is 9.93. The maximum absolute atomic E-state index is 12.5. The van der Waals surface area contributed by atoms with Crippen LogP contribution in [0.2, 0.25) is 0 Å². The highest BCUT2D eigenvalue weighted by atomic mass is 19.3. The van der Waals surface area contributed by atoms with Crippen molar-refractivity contribution in [3.8, 4) is 11.5 Å². The molecular weight excluding hydrogens is 384 g/mol. The summed E-state index contributed by atoms with van der Waals surface area (Å²) in [6.45, 7) is 4.29. The number of nitrogens with zero attached hydrogens (tertiary/aromatic N) is 1. The minimum Gasteiger partial charge on any atom is -0.490 e. The molecule has 1 aromatic rings. The highest BCUT2D eigenvalue weighted by Crippen LogP contribution is 2.32. The molecule has 0 saturated carbocycles. The number of rotatable bonds is 11. The molecular formula is C20H31F2N3O4. The zero-order chi connectivity index (χ0) is 21.1. The summed E-state index contributed by atoms with van der Waals surface area (Å²) in [7, 11) is 0. The molecule has 0 spiro atoms. The number of aliphatic imine (C=N–C) groups is 1. The number of halogens is 2. The second kappa shape index (κ2) is 11.8. The number of hydrogen-bond donors (Lipinski definition) is 3. The van der Waals surface area contributed by atoms with Crippen molar-refractivity contribution in [2.24, 2.45) is 10.4 Å². The monoisotopic (exact) mass is 415 g/mol. The van der Waals surface area contributed by atoms with Crippen LogP contribution in [0, 0.1) is 5.41 Å². The van der Waals surface area contributed by atoms with Crippen molar-refractivity contribution < 1.29 is 28.1 Å². The van der Waals surface area contributed by atoms with Crippen LogP contribution in [0.15, 0.2) is 23.2 Å². The molecule has 1 aromatic carbocycles. The average Bonchev–Trinajstić information content (AvgIpc) is 3.15. The fourth-order valence-electron chi connectivity index (χ4n) is 3.21. The Morgan fingerprint density at radius 1 is 1.31 bits per heavy atom. The quantitative estimate of drug-likeness (QED) is 0.381. The molecule has 164 valence electrons. The number of aliphatic hydroxyl groups excluding tert-OH is 1. The minimum absolute atomic E-state index is 0.00629. The van der Waals surface area contributed by atoms with E-state index in [0.29, 0.717) is 51.8 Å². The van der Waals surface area contributed by atoms with Crippen LogP contribution in [-0.2, 0) is 11.3 Å². The summed E-state index contributed by atoms with van der Waals surface area (Å²) in [5.74, 6) is 0.915. The van der Waals surface area contributed by atoms with Crippen molar-refractivity contribution in [2.45, 2.75) is 39.8 Å². The highest BCUT2D eigenvalue weighted by molar-refractivity contribution is 5.79. The zero-order valence-corrected chi connectivity index (χ0v) is 17.0. The van der Waals surface area contributed by atoms with Gasteiger partial charge in [-0.25, -0.2) is 4.99 Å². The maximum Gasteiger partial charge on any atom is 0.387 e. The van der Waals surface area contributed by atoms with Gasteiger partial charge >= 0.3 is 6.61 Å². The summed E-state index contributed by atoms with van der Waals surface area (Å²) in [4.78, 5) is 4.57. The van der Waals surface area contributed by atoms with Crippen LogP contribution in [0.4, 0.5) is 8.78 Å². The first kappa shape index (κ1) is 23.2. The third-order valence-electron chi connectivity index (χ3n) is 4.75. The van der Waals surface area contributed by atoms with E-state index in [0.717, 1.165) is 12.0 Å². The molecule has 1 heterocycles. The SMILES string of the molecule is CCNC(=NCc1ccc(OC(F)F)c(OCC)c1)NCC1(CCO)CCOC1. The van der Waals surface area contributed by atoms with Gasteiger partial charge in [-0.05, 0) is 44.4 Å². The summed E-state index contributed by atoms with van der Waals surface area (Å²) < 4.78 is 40.5. The summed E-state index contributed by atoms with van der Waals surface area (Å²) in [6, 6.07) is 4.81. The van der Waals surface area contributed by atoms with Crippen LogP contribution in [0.5, 0.6) is 11.5 Å². The smallest absolute Gasteiger partial charge is 0.387 e. The van der Waals surface area contributed by atoms with Crippen LogP contribution in [0.1, 0.15) is 32.3 Å². The molecule has 2 rings (SSSR count). The third-order valence-corrected chi connectivity index (χ3v) is 4.75. The molecule has 1 unspecified atom stereocenters. The Morgan fingerprint density at radius 2 is 2.14 bits per heavy atom. The largest absolute Gasteiger partial charge is 0.490 e. The summed E-state index contributed by atoms with van der Waals surface area (Å²) in [5, 5.41) is 15.9. The molecule has 1 atom stereocenters. The predicted molar refractivity (Wildman–Crippen MR) is 107 cm³/mol. The van der Waals surface area contributed by atoms with E-state index in [2.05, 4.69) is 20.4 Å². The molecule has 3 N–H and O–H groups in total. The van der Waals surface area contributed by atoms with E-state index in [4.69, 9.17) is 9.47 Å². The molecule has 1 aliphatic rings. The van der Waals surface area contributed by atoms with E-state index < -0.39 is 6.61 Å². The number of aliphatic hydroxyl groups is 1. The van der Waals surface area contributed by atoms with Gasteiger partial charge in [0, 0.05) is 31.7 Å². The molecule has 9 heteroatoms. The van der Waals surface area contributed by atoms with Gasteiger partial charge in [-0.3, -0.25) is 0 Å². The van der Waals surface area contributed by atoms with Crippen molar-refractivity contribution in [3.63, 3.8) is 0 Å². The topological polar surface area (TPSA) is 84.3 Å². The Morgan fingerprint density at radius 3 is 2.76 bits per heavy atom. The van der Waals surface area contributed by atoms with E-state index in [9.17, 15) is 13.9 Å². The van der Waals surface area contributed by atoms with Gasteiger partial charge in [0.25, 0.3) is 0 Å². The molecule has 0 aliphatic carbocycles. The van der Waals surface area contributed by atoms with Gasteiger partial charge in [-0.2, -0.15) is 8.78 Å². The number of alkyl halides is 2. The summed E-state index contributed by atoms with van der Waals surface area (Å²) >= 11 is 0. The van der Waals surface area contributed by atoms with Gasteiger partial charge in [0.2, 0.25) is 0 Å².